The van der Waals surface area contributed by atoms with Crippen LogP contribution in [0.4, 0.5) is 0 Å². The van der Waals surface area contributed by atoms with Gasteiger partial charge in [-0.25, -0.2) is 4.98 Å². The summed E-state index contributed by atoms with van der Waals surface area (Å²) in [7, 11) is 0. The second-order valence-corrected chi connectivity index (χ2v) is 4.48. The maximum Gasteiger partial charge on any atom is 0.192 e. The predicted molar refractivity (Wildman–Crippen MR) is 68.7 cm³/mol. The van der Waals surface area contributed by atoms with Gasteiger partial charge in [0.15, 0.2) is 5.96 Å². The highest BCUT2D eigenvalue weighted by molar-refractivity contribution is 5.80. The van der Waals surface area contributed by atoms with E-state index in [1.807, 2.05) is 18.6 Å². The molecule has 1 unspecified atom stereocenters. The molecule has 2 rings (SSSR count). The Morgan fingerprint density at radius 3 is 3.06 bits per heavy atom. The molecule has 0 aromatic carbocycles. The summed E-state index contributed by atoms with van der Waals surface area (Å²) in [6, 6.07) is 0.567. The molecule has 1 aromatic heterocycles. The Labute approximate surface area is 102 Å². The molecule has 0 saturated carbocycles. The number of imidazole rings is 1. The van der Waals surface area contributed by atoms with Crippen molar-refractivity contribution in [1.82, 2.24) is 14.5 Å². The first-order valence-electron chi connectivity index (χ1n) is 5.84. The molecular formula is C12H19N5. The summed E-state index contributed by atoms with van der Waals surface area (Å²) in [4.78, 5) is 10.6. The van der Waals surface area contributed by atoms with Crippen LogP contribution in [0.25, 0.3) is 0 Å². The predicted octanol–water partition coefficient (Wildman–Crippen LogP) is 1.32. The number of nitrogens with zero attached hydrogens (tertiary/aromatic N) is 4. The Kier molecular flexibility index (Phi) is 3.17. The minimum atomic E-state index is 0.179. The lowest BCUT2D eigenvalue weighted by Gasteiger charge is -2.26. The van der Waals surface area contributed by atoms with Gasteiger partial charge < -0.3 is 15.2 Å². The van der Waals surface area contributed by atoms with Gasteiger partial charge in [-0.1, -0.05) is 6.08 Å². The van der Waals surface area contributed by atoms with Crippen molar-refractivity contribution in [1.29, 1.82) is 0 Å². The summed E-state index contributed by atoms with van der Waals surface area (Å²) >= 11 is 0. The van der Waals surface area contributed by atoms with Gasteiger partial charge in [-0.3, -0.25) is 4.99 Å². The summed E-state index contributed by atoms with van der Waals surface area (Å²) in [5.41, 5.74) is 7.04. The largest absolute Gasteiger partial charge is 0.370 e. The lowest BCUT2D eigenvalue weighted by atomic mass is 10.2. The fourth-order valence-corrected chi connectivity index (χ4v) is 2.15. The van der Waals surface area contributed by atoms with Gasteiger partial charge in [0.25, 0.3) is 0 Å². The van der Waals surface area contributed by atoms with E-state index in [1.54, 1.807) is 0 Å². The molecule has 2 heterocycles. The molecule has 0 aliphatic carbocycles. The van der Waals surface area contributed by atoms with Gasteiger partial charge in [-0.2, -0.15) is 0 Å². The Morgan fingerprint density at radius 1 is 1.65 bits per heavy atom. The number of guanidine groups is 1. The van der Waals surface area contributed by atoms with Crippen LogP contribution in [0.2, 0.25) is 0 Å². The van der Waals surface area contributed by atoms with E-state index in [1.165, 1.54) is 0 Å². The third kappa shape index (κ3) is 2.05. The number of aliphatic imine (C=N–C) groups is 1. The average Bonchev–Trinajstić information content (AvgIpc) is 2.87. The van der Waals surface area contributed by atoms with Crippen LogP contribution in [0, 0.1) is 0 Å². The Morgan fingerprint density at radius 2 is 2.41 bits per heavy atom. The summed E-state index contributed by atoms with van der Waals surface area (Å²) in [6.45, 7) is 9.44. The smallest absolute Gasteiger partial charge is 0.192 e. The second kappa shape index (κ2) is 4.61. The third-order valence-electron chi connectivity index (χ3n) is 3.02. The molecule has 0 fully saturated rings. The highest BCUT2D eigenvalue weighted by Gasteiger charge is 2.29. The van der Waals surface area contributed by atoms with Crippen molar-refractivity contribution in [3.8, 4) is 0 Å². The highest BCUT2D eigenvalue weighted by Crippen LogP contribution is 2.26. The van der Waals surface area contributed by atoms with E-state index in [0.717, 1.165) is 5.69 Å². The average molecular weight is 233 g/mol. The van der Waals surface area contributed by atoms with Crippen LogP contribution in [-0.4, -0.2) is 33.5 Å². The fraction of sp³-hybridized carbons (Fsp3) is 0.500. The van der Waals surface area contributed by atoms with Crippen molar-refractivity contribution in [3.05, 3.63) is 30.9 Å². The molecule has 5 heteroatoms. The standard InChI is InChI=1S/C12H19N5/c1-4-5-16-11(7-15-12(16)13)10-6-14-8-17(10)9(2)3/h4,6,8-9,11H,1,5,7H2,2-3H3,(H2,13,15). The van der Waals surface area contributed by atoms with E-state index in [2.05, 4.69) is 39.9 Å². The molecule has 1 aliphatic rings. The summed E-state index contributed by atoms with van der Waals surface area (Å²) in [6.07, 6.45) is 5.60. The number of nitrogens with two attached hydrogens (primary N) is 1. The topological polar surface area (TPSA) is 59.4 Å². The van der Waals surface area contributed by atoms with Crippen LogP contribution in [0.1, 0.15) is 31.6 Å². The van der Waals surface area contributed by atoms with Crippen molar-refractivity contribution >= 4 is 5.96 Å². The van der Waals surface area contributed by atoms with Crippen LogP contribution in [-0.2, 0) is 0 Å². The number of hydrogen-bond donors (Lipinski definition) is 1. The van der Waals surface area contributed by atoms with E-state index in [0.29, 0.717) is 25.1 Å². The fourth-order valence-electron chi connectivity index (χ4n) is 2.15. The number of hydrogen-bond acceptors (Lipinski definition) is 4. The maximum absolute atomic E-state index is 5.89. The summed E-state index contributed by atoms with van der Waals surface area (Å²) in [5, 5.41) is 0. The van der Waals surface area contributed by atoms with Crippen molar-refractivity contribution in [2.45, 2.75) is 25.9 Å². The Bertz CT molecular complexity index is 432. The lowest BCUT2D eigenvalue weighted by Crippen LogP contribution is -2.37. The van der Waals surface area contributed by atoms with Gasteiger partial charge >= 0.3 is 0 Å². The summed E-state index contributed by atoms with van der Waals surface area (Å²) in [5.74, 6) is 0.589. The third-order valence-corrected chi connectivity index (χ3v) is 3.02. The lowest BCUT2D eigenvalue weighted by molar-refractivity contribution is 0.356. The van der Waals surface area contributed by atoms with E-state index >= 15 is 0 Å². The minimum absolute atomic E-state index is 0.179. The van der Waals surface area contributed by atoms with Crippen LogP contribution < -0.4 is 5.73 Å². The van der Waals surface area contributed by atoms with Crippen LogP contribution in [0.3, 0.4) is 0 Å². The second-order valence-electron chi connectivity index (χ2n) is 4.48. The molecule has 5 nitrogen and oxygen atoms in total. The maximum atomic E-state index is 5.89. The molecule has 2 N–H and O–H groups in total. The van der Waals surface area contributed by atoms with Gasteiger partial charge in [-0.15, -0.1) is 6.58 Å². The first-order valence-corrected chi connectivity index (χ1v) is 5.84. The van der Waals surface area contributed by atoms with E-state index in [4.69, 9.17) is 5.73 Å². The molecule has 1 aliphatic heterocycles. The Balaban J connectivity index is 2.28. The van der Waals surface area contributed by atoms with Crippen molar-refractivity contribution in [2.75, 3.05) is 13.1 Å². The molecule has 0 radical (unpaired) electrons. The Hall–Kier alpha value is -1.78. The quantitative estimate of drug-likeness (QED) is 0.798. The van der Waals surface area contributed by atoms with Gasteiger partial charge in [0, 0.05) is 12.6 Å². The molecule has 17 heavy (non-hydrogen) atoms. The summed E-state index contributed by atoms with van der Waals surface area (Å²) < 4.78 is 2.16. The van der Waals surface area contributed by atoms with Gasteiger partial charge in [0.1, 0.15) is 0 Å². The van der Waals surface area contributed by atoms with Gasteiger partial charge in [-0.05, 0) is 13.8 Å². The minimum Gasteiger partial charge on any atom is -0.370 e. The van der Waals surface area contributed by atoms with Crippen molar-refractivity contribution in [2.24, 2.45) is 10.7 Å². The number of aromatic nitrogens is 2. The van der Waals surface area contributed by atoms with E-state index < -0.39 is 0 Å². The normalized spacial score (nSPS) is 19.8. The van der Waals surface area contributed by atoms with Gasteiger partial charge in [0.05, 0.1) is 30.8 Å². The van der Waals surface area contributed by atoms with Crippen LogP contribution in [0.5, 0.6) is 0 Å². The molecule has 0 amide bonds. The zero-order chi connectivity index (χ0) is 12.4. The molecule has 0 saturated heterocycles. The SMILES string of the molecule is C=CCN1C(N)=NCC1c1cncn1C(C)C. The van der Waals surface area contributed by atoms with E-state index in [9.17, 15) is 0 Å². The molecule has 0 bridgehead atoms. The molecule has 0 spiro atoms. The molecule has 92 valence electrons. The van der Waals surface area contributed by atoms with E-state index in [-0.39, 0.29) is 6.04 Å². The van der Waals surface area contributed by atoms with Crippen LogP contribution in [0.15, 0.2) is 30.2 Å². The highest BCUT2D eigenvalue weighted by atomic mass is 15.3. The molecule has 1 atom stereocenters. The zero-order valence-corrected chi connectivity index (χ0v) is 10.4. The van der Waals surface area contributed by atoms with Gasteiger partial charge in [0.2, 0.25) is 0 Å². The monoisotopic (exact) mass is 233 g/mol. The van der Waals surface area contributed by atoms with Crippen molar-refractivity contribution < 1.29 is 0 Å². The molecular weight excluding hydrogens is 214 g/mol. The first kappa shape index (κ1) is 11.7. The van der Waals surface area contributed by atoms with Crippen LogP contribution >= 0.6 is 0 Å². The molecule has 1 aromatic rings. The zero-order valence-electron chi connectivity index (χ0n) is 10.4. The van der Waals surface area contributed by atoms with Crippen molar-refractivity contribution in [3.63, 3.8) is 0 Å². The number of rotatable bonds is 4. The first-order chi connectivity index (χ1) is 8.15.